The molecule has 144 valence electrons. The molecular formula is C19H22ClN3O4. The fourth-order valence-corrected chi connectivity index (χ4v) is 2.69. The first-order chi connectivity index (χ1) is 13.0. The summed E-state index contributed by atoms with van der Waals surface area (Å²) in [7, 11) is 1.58. The van der Waals surface area contributed by atoms with Crippen LogP contribution in [-0.4, -0.2) is 38.1 Å². The molecule has 0 aliphatic carbocycles. The van der Waals surface area contributed by atoms with E-state index in [0.29, 0.717) is 29.5 Å². The third-order valence-electron chi connectivity index (χ3n) is 3.87. The van der Waals surface area contributed by atoms with Crippen LogP contribution < -0.4 is 25.8 Å². The Morgan fingerprint density at radius 2 is 1.81 bits per heavy atom. The van der Waals surface area contributed by atoms with Crippen molar-refractivity contribution in [2.45, 2.75) is 12.5 Å². The lowest BCUT2D eigenvalue weighted by atomic mass is 10.2. The van der Waals surface area contributed by atoms with E-state index in [0.717, 1.165) is 5.69 Å². The molecule has 0 heterocycles. The quantitative estimate of drug-likeness (QED) is 0.510. The highest BCUT2D eigenvalue weighted by Crippen LogP contribution is 2.22. The van der Waals surface area contributed by atoms with E-state index in [-0.39, 0.29) is 6.42 Å². The number of aliphatic carboxylic acids is 1. The Labute approximate surface area is 162 Å². The zero-order chi connectivity index (χ0) is 19.6. The molecule has 0 saturated heterocycles. The van der Waals surface area contributed by atoms with Gasteiger partial charge in [0.2, 0.25) is 5.91 Å². The summed E-state index contributed by atoms with van der Waals surface area (Å²) in [5.41, 5.74) is 1.26. The molecule has 27 heavy (non-hydrogen) atoms. The number of halogens is 1. The van der Waals surface area contributed by atoms with Gasteiger partial charge in [0.05, 0.1) is 49.0 Å². The molecule has 0 radical (unpaired) electrons. The van der Waals surface area contributed by atoms with E-state index in [2.05, 4.69) is 10.6 Å². The van der Waals surface area contributed by atoms with Gasteiger partial charge in [0, 0.05) is 0 Å². The maximum atomic E-state index is 12.1. The molecule has 0 aliphatic heterocycles. The van der Waals surface area contributed by atoms with E-state index in [1.807, 2.05) is 24.3 Å². The minimum absolute atomic E-state index is 0.220. The number of methoxy groups -OCH3 is 1. The average Bonchev–Trinajstić information content (AvgIpc) is 2.66. The molecule has 4 N–H and O–H groups in total. The maximum Gasteiger partial charge on any atom is 0.230 e. The van der Waals surface area contributed by atoms with Gasteiger partial charge in [-0.1, -0.05) is 35.9 Å². The van der Waals surface area contributed by atoms with Crippen LogP contribution in [0.2, 0.25) is 5.02 Å². The molecule has 1 amide bonds. The molecule has 2 rings (SSSR count). The lowest BCUT2D eigenvalue weighted by Crippen LogP contribution is -2.94. The number of para-hydroxylation sites is 3. The van der Waals surface area contributed by atoms with Gasteiger partial charge in [-0.25, -0.2) is 0 Å². The average molecular weight is 392 g/mol. The number of carboxylic acid groups (broad SMARTS) is 1. The Balaban J connectivity index is 1.82. The van der Waals surface area contributed by atoms with Crippen LogP contribution in [0.1, 0.15) is 6.42 Å². The van der Waals surface area contributed by atoms with E-state index in [1.165, 1.54) is 0 Å². The van der Waals surface area contributed by atoms with Crippen LogP contribution in [0.5, 0.6) is 5.75 Å². The molecule has 0 spiro atoms. The molecule has 0 saturated carbocycles. The molecule has 0 aliphatic rings. The number of hydrogen-bond donors (Lipinski definition) is 3. The van der Waals surface area contributed by atoms with Gasteiger partial charge in [-0.3, -0.25) is 4.79 Å². The van der Waals surface area contributed by atoms with Crippen LogP contribution in [0, 0.1) is 0 Å². The lowest BCUT2D eigenvalue weighted by molar-refractivity contribution is -0.680. The number of carbonyl (C=O) groups is 2. The Hall–Kier alpha value is -2.77. The van der Waals surface area contributed by atoms with E-state index in [9.17, 15) is 14.7 Å². The highest BCUT2D eigenvalue weighted by Gasteiger charge is 2.18. The summed E-state index contributed by atoms with van der Waals surface area (Å²) in [5, 5.41) is 19.1. The topological polar surface area (TPSA) is 107 Å². The molecule has 2 aromatic rings. The van der Waals surface area contributed by atoms with Gasteiger partial charge in [0.1, 0.15) is 11.8 Å². The van der Waals surface area contributed by atoms with Gasteiger partial charge >= 0.3 is 0 Å². The number of hydrogen-bond acceptors (Lipinski definition) is 5. The number of nitrogens with two attached hydrogens (primary N) is 1. The van der Waals surface area contributed by atoms with Crippen LogP contribution in [0.15, 0.2) is 48.5 Å². The molecular weight excluding hydrogens is 370 g/mol. The van der Waals surface area contributed by atoms with Gasteiger partial charge in [-0.05, 0) is 24.3 Å². The first-order valence-corrected chi connectivity index (χ1v) is 8.84. The van der Waals surface area contributed by atoms with Crippen molar-refractivity contribution >= 4 is 34.9 Å². The minimum atomic E-state index is -1.29. The van der Waals surface area contributed by atoms with Gasteiger partial charge in [-0.2, -0.15) is 0 Å². The minimum Gasteiger partial charge on any atom is -0.544 e. The van der Waals surface area contributed by atoms with E-state index in [1.54, 1.807) is 36.7 Å². The number of nitrogens with one attached hydrogen (secondary N) is 2. The van der Waals surface area contributed by atoms with Crippen molar-refractivity contribution in [1.29, 1.82) is 0 Å². The van der Waals surface area contributed by atoms with Crippen molar-refractivity contribution < 1.29 is 24.7 Å². The largest absolute Gasteiger partial charge is 0.544 e. The second kappa shape index (κ2) is 10.4. The molecule has 8 heteroatoms. The summed E-state index contributed by atoms with van der Waals surface area (Å²) in [6, 6.07) is 13.2. The highest BCUT2D eigenvalue weighted by molar-refractivity contribution is 6.33. The second-order valence-corrected chi connectivity index (χ2v) is 6.22. The third kappa shape index (κ3) is 6.47. The molecule has 0 aromatic heterocycles. The van der Waals surface area contributed by atoms with Crippen LogP contribution >= 0.6 is 11.6 Å². The predicted molar refractivity (Wildman–Crippen MR) is 102 cm³/mol. The number of carbonyl (C=O) groups excluding carboxylic acids is 2. The Morgan fingerprint density at radius 3 is 2.48 bits per heavy atom. The van der Waals surface area contributed by atoms with Crippen molar-refractivity contribution in [3.05, 3.63) is 53.6 Å². The Kier molecular flexibility index (Phi) is 7.91. The van der Waals surface area contributed by atoms with E-state index >= 15 is 0 Å². The van der Waals surface area contributed by atoms with Crippen LogP contribution in [0.25, 0.3) is 0 Å². The second-order valence-electron chi connectivity index (χ2n) is 5.81. The monoisotopic (exact) mass is 391 g/mol. The van der Waals surface area contributed by atoms with Crippen LogP contribution in [0.4, 0.5) is 11.4 Å². The smallest absolute Gasteiger partial charge is 0.230 e. The summed E-state index contributed by atoms with van der Waals surface area (Å²) in [5.74, 6) is -1.03. The number of ether oxygens (including phenoxy) is 1. The number of carboxylic acids is 1. The molecule has 2 aromatic carbocycles. The molecule has 0 unspecified atom stereocenters. The Morgan fingerprint density at radius 1 is 1.15 bits per heavy atom. The van der Waals surface area contributed by atoms with Gasteiger partial charge in [0.15, 0.2) is 0 Å². The number of benzene rings is 2. The number of amides is 1. The maximum absolute atomic E-state index is 12.1. The first kappa shape index (κ1) is 20.5. The fraction of sp³-hybridized carbons (Fsp3) is 0.263. The van der Waals surface area contributed by atoms with Crippen molar-refractivity contribution in [2.24, 2.45) is 0 Å². The highest BCUT2D eigenvalue weighted by atomic mass is 35.5. The summed E-state index contributed by atoms with van der Waals surface area (Å²) < 4.78 is 5.24. The van der Waals surface area contributed by atoms with E-state index < -0.39 is 17.9 Å². The lowest BCUT2D eigenvalue weighted by Gasteiger charge is -2.17. The number of anilines is 2. The molecule has 0 bridgehead atoms. The molecule has 1 atom stereocenters. The molecule has 7 nitrogen and oxygen atoms in total. The standard InChI is InChI=1S/C19H22ClN3O4/c1-27-17-9-5-4-8-15(17)21-10-11-22-16(19(25)26)12-18(24)23-14-7-3-2-6-13(14)20/h2-9,16,21-22H,10-12H2,1H3,(H,23,24)(H,25,26)/t16-/m1/s1. The summed E-state index contributed by atoms with van der Waals surface area (Å²) >= 11 is 5.98. The normalized spacial score (nSPS) is 11.5. The van der Waals surface area contributed by atoms with Gasteiger partial charge < -0.3 is 30.6 Å². The number of rotatable bonds is 10. The van der Waals surface area contributed by atoms with Crippen molar-refractivity contribution in [3.63, 3.8) is 0 Å². The van der Waals surface area contributed by atoms with E-state index in [4.69, 9.17) is 16.3 Å². The third-order valence-corrected chi connectivity index (χ3v) is 4.20. The number of quaternary nitrogens is 1. The van der Waals surface area contributed by atoms with Gasteiger partial charge in [-0.15, -0.1) is 0 Å². The van der Waals surface area contributed by atoms with Crippen molar-refractivity contribution in [1.82, 2.24) is 0 Å². The summed E-state index contributed by atoms with van der Waals surface area (Å²) in [6.07, 6.45) is -0.220. The fourth-order valence-electron chi connectivity index (χ4n) is 2.51. The summed E-state index contributed by atoms with van der Waals surface area (Å²) in [4.78, 5) is 23.4. The summed E-state index contributed by atoms with van der Waals surface area (Å²) in [6.45, 7) is 0.937. The SMILES string of the molecule is COc1ccccc1NCC[NH2+][C@H](CC(=O)Nc1ccccc1Cl)C(=O)[O-]. The van der Waals surface area contributed by atoms with Crippen molar-refractivity contribution in [2.75, 3.05) is 30.8 Å². The van der Waals surface area contributed by atoms with Crippen LogP contribution in [-0.2, 0) is 9.59 Å². The molecule has 0 fully saturated rings. The predicted octanol–water partition coefficient (Wildman–Crippen LogP) is 0.471. The zero-order valence-corrected chi connectivity index (χ0v) is 15.7. The Bertz CT molecular complexity index is 785. The van der Waals surface area contributed by atoms with Crippen molar-refractivity contribution in [3.8, 4) is 5.75 Å². The zero-order valence-electron chi connectivity index (χ0n) is 14.9. The first-order valence-electron chi connectivity index (χ1n) is 8.46. The van der Waals surface area contributed by atoms with Gasteiger partial charge in [0.25, 0.3) is 0 Å². The van der Waals surface area contributed by atoms with Crippen LogP contribution in [0.3, 0.4) is 0 Å².